The molecule has 0 bridgehead atoms. The number of carbonyl (C=O) groups excluding carboxylic acids is 1. The van der Waals surface area contributed by atoms with Crippen LogP contribution in [0.2, 0.25) is 5.02 Å². The molecule has 1 amide bonds. The van der Waals surface area contributed by atoms with E-state index in [-0.39, 0.29) is 6.42 Å². The zero-order valence-electron chi connectivity index (χ0n) is 10.7. The molecule has 0 fully saturated rings. The van der Waals surface area contributed by atoms with Gasteiger partial charge in [-0.2, -0.15) is 0 Å². The Bertz CT molecular complexity index is 602. The number of amides is 1. The number of carboxylic acid groups (broad SMARTS) is 2. The van der Waals surface area contributed by atoms with Crippen LogP contribution < -0.4 is 10.1 Å². The summed E-state index contributed by atoms with van der Waals surface area (Å²) in [6.45, 7) is 0. The lowest BCUT2D eigenvalue weighted by Crippen LogP contribution is -2.47. The summed E-state index contributed by atoms with van der Waals surface area (Å²) in [5, 5.41) is 20.2. The Balaban J connectivity index is 2.02. The van der Waals surface area contributed by atoms with Crippen LogP contribution in [0.3, 0.4) is 0 Å². The topological polar surface area (TPSA) is 113 Å². The van der Waals surface area contributed by atoms with E-state index in [1.54, 1.807) is 18.2 Å². The van der Waals surface area contributed by atoms with E-state index < -0.39 is 36.4 Å². The number of ether oxygens (including phenoxy) is 1. The molecule has 0 aliphatic carbocycles. The summed E-state index contributed by atoms with van der Waals surface area (Å²) in [6.07, 6.45) is -1.35. The average molecular weight is 314 g/mol. The van der Waals surface area contributed by atoms with E-state index in [9.17, 15) is 14.4 Å². The minimum absolute atomic E-state index is 0.251. The first kappa shape index (κ1) is 15.1. The highest BCUT2D eigenvalue weighted by Gasteiger charge is 2.32. The predicted molar refractivity (Wildman–Crippen MR) is 71.4 cm³/mol. The normalized spacial score (nSPS) is 17.5. The standard InChI is InChI=1S/C13H12ClNO6/c14-7-1-2-9-6(3-7)4-10(21-9)12(18)15-8(13(19)20)5-11(16)17/h1-3,8,10H,4-5H2,(H,15,18)(H,16,17)(H,19,20). The number of nitrogens with one attached hydrogen (secondary N) is 1. The fourth-order valence-electron chi connectivity index (χ4n) is 2.00. The molecular weight excluding hydrogens is 302 g/mol. The molecule has 112 valence electrons. The molecule has 2 unspecified atom stereocenters. The maximum Gasteiger partial charge on any atom is 0.326 e. The van der Waals surface area contributed by atoms with Gasteiger partial charge >= 0.3 is 11.9 Å². The Morgan fingerprint density at radius 3 is 2.71 bits per heavy atom. The zero-order chi connectivity index (χ0) is 15.6. The number of halogens is 1. The molecule has 0 radical (unpaired) electrons. The maximum atomic E-state index is 12.0. The third kappa shape index (κ3) is 3.63. The van der Waals surface area contributed by atoms with Gasteiger partial charge in [0.05, 0.1) is 6.42 Å². The molecule has 0 saturated carbocycles. The summed E-state index contributed by atoms with van der Waals surface area (Å²) in [5.41, 5.74) is 0.743. The maximum absolute atomic E-state index is 12.0. The van der Waals surface area contributed by atoms with Crippen LogP contribution in [0.4, 0.5) is 0 Å². The number of benzene rings is 1. The summed E-state index contributed by atoms with van der Waals surface area (Å²) in [7, 11) is 0. The predicted octanol–water partition coefficient (Wildman–Crippen LogP) is 0.688. The Labute approximate surface area is 124 Å². The lowest BCUT2D eigenvalue weighted by atomic mass is 10.1. The molecule has 0 saturated heterocycles. The number of hydrogen-bond donors (Lipinski definition) is 3. The molecule has 2 atom stereocenters. The van der Waals surface area contributed by atoms with E-state index in [4.69, 9.17) is 26.6 Å². The molecule has 0 spiro atoms. The van der Waals surface area contributed by atoms with E-state index in [0.29, 0.717) is 10.8 Å². The fourth-order valence-corrected chi connectivity index (χ4v) is 2.20. The van der Waals surface area contributed by atoms with Gasteiger partial charge in [-0.05, 0) is 23.8 Å². The summed E-state index contributed by atoms with van der Waals surface area (Å²) >= 11 is 5.83. The van der Waals surface area contributed by atoms with Crippen molar-refractivity contribution < 1.29 is 29.3 Å². The van der Waals surface area contributed by atoms with Crippen LogP contribution in [-0.2, 0) is 20.8 Å². The number of hydrogen-bond acceptors (Lipinski definition) is 4. The summed E-state index contributed by atoms with van der Waals surface area (Å²) in [4.78, 5) is 33.5. The van der Waals surface area contributed by atoms with Crippen LogP contribution in [0, 0.1) is 0 Å². The van der Waals surface area contributed by atoms with Crippen molar-refractivity contribution in [1.82, 2.24) is 5.32 Å². The van der Waals surface area contributed by atoms with E-state index in [1.165, 1.54) is 0 Å². The highest BCUT2D eigenvalue weighted by Crippen LogP contribution is 2.31. The van der Waals surface area contributed by atoms with Crippen molar-refractivity contribution in [3.63, 3.8) is 0 Å². The van der Waals surface area contributed by atoms with E-state index in [0.717, 1.165) is 5.56 Å². The van der Waals surface area contributed by atoms with E-state index in [2.05, 4.69) is 5.32 Å². The SMILES string of the molecule is O=C(O)CC(NC(=O)C1Cc2cc(Cl)ccc2O1)C(=O)O. The van der Waals surface area contributed by atoms with Crippen LogP contribution in [0.25, 0.3) is 0 Å². The summed E-state index contributed by atoms with van der Waals surface area (Å²) in [6, 6.07) is 3.41. The molecule has 21 heavy (non-hydrogen) atoms. The van der Waals surface area contributed by atoms with Crippen molar-refractivity contribution in [1.29, 1.82) is 0 Å². The Kier molecular flexibility index (Phi) is 4.32. The van der Waals surface area contributed by atoms with Crippen molar-refractivity contribution in [2.45, 2.75) is 25.0 Å². The van der Waals surface area contributed by atoms with Crippen LogP contribution in [0.5, 0.6) is 5.75 Å². The number of carbonyl (C=O) groups is 3. The van der Waals surface area contributed by atoms with Gasteiger partial charge < -0.3 is 20.3 Å². The first-order valence-corrected chi connectivity index (χ1v) is 6.44. The van der Waals surface area contributed by atoms with Crippen LogP contribution >= 0.6 is 11.6 Å². The molecule has 3 N–H and O–H groups in total. The van der Waals surface area contributed by atoms with Gasteiger partial charge in [0.2, 0.25) is 0 Å². The molecule has 1 heterocycles. The minimum atomic E-state index is -1.49. The smallest absolute Gasteiger partial charge is 0.326 e. The highest BCUT2D eigenvalue weighted by molar-refractivity contribution is 6.30. The highest BCUT2D eigenvalue weighted by atomic mass is 35.5. The lowest BCUT2D eigenvalue weighted by molar-refractivity contribution is -0.147. The van der Waals surface area contributed by atoms with Gasteiger partial charge in [-0.1, -0.05) is 11.6 Å². The van der Waals surface area contributed by atoms with Gasteiger partial charge in [0.15, 0.2) is 6.10 Å². The fraction of sp³-hybridized carbons (Fsp3) is 0.308. The second-order valence-corrected chi connectivity index (χ2v) is 5.00. The molecule has 8 heteroatoms. The second-order valence-electron chi connectivity index (χ2n) is 4.56. The van der Waals surface area contributed by atoms with Gasteiger partial charge in [-0.15, -0.1) is 0 Å². The Hall–Kier alpha value is -2.28. The minimum Gasteiger partial charge on any atom is -0.481 e. The number of carboxylic acids is 2. The lowest BCUT2D eigenvalue weighted by Gasteiger charge is -2.15. The monoisotopic (exact) mass is 313 g/mol. The van der Waals surface area contributed by atoms with Gasteiger partial charge in [0.25, 0.3) is 5.91 Å². The first-order valence-electron chi connectivity index (χ1n) is 6.07. The van der Waals surface area contributed by atoms with Crippen LogP contribution in [0.1, 0.15) is 12.0 Å². The molecular formula is C13H12ClNO6. The Morgan fingerprint density at radius 1 is 1.38 bits per heavy atom. The third-order valence-electron chi connectivity index (χ3n) is 2.98. The van der Waals surface area contributed by atoms with Gasteiger partial charge in [0, 0.05) is 11.4 Å². The average Bonchev–Trinajstić information content (AvgIpc) is 2.80. The molecule has 1 aromatic carbocycles. The van der Waals surface area contributed by atoms with Crippen molar-refractivity contribution in [2.75, 3.05) is 0 Å². The molecule has 2 rings (SSSR count). The van der Waals surface area contributed by atoms with Crippen LogP contribution in [0.15, 0.2) is 18.2 Å². The molecule has 0 aromatic heterocycles. The van der Waals surface area contributed by atoms with Crippen LogP contribution in [-0.4, -0.2) is 40.2 Å². The first-order chi connectivity index (χ1) is 9.86. The third-order valence-corrected chi connectivity index (χ3v) is 3.22. The largest absolute Gasteiger partial charge is 0.481 e. The van der Waals surface area contributed by atoms with Gasteiger partial charge in [-0.3, -0.25) is 9.59 Å². The van der Waals surface area contributed by atoms with E-state index >= 15 is 0 Å². The van der Waals surface area contributed by atoms with E-state index in [1.807, 2.05) is 0 Å². The van der Waals surface area contributed by atoms with Gasteiger partial charge in [-0.25, -0.2) is 4.79 Å². The summed E-state index contributed by atoms with van der Waals surface area (Å²) in [5.74, 6) is -2.89. The summed E-state index contributed by atoms with van der Waals surface area (Å²) < 4.78 is 5.40. The van der Waals surface area contributed by atoms with Crippen molar-refractivity contribution in [3.05, 3.63) is 28.8 Å². The Morgan fingerprint density at radius 2 is 2.10 bits per heavy atom. The quantitative estimate of drug-likeness (QED) is 0.737. The molecule has 1 aliphatic rings. The zero-order valence-corrected chi connectivity index (χ0v) is 11.5. The molecule has 1 aliphatic heterocycles. The second kappa shape index (κ2) is 6.01. The number of aliphatic carboxylic acids is 2. The van der Waals surface area contributed by atoms with Crippen molar-refractivity contribution in [3.8, 4) is 5.75 Å². The van der Waals surface area contributed by atoms with Crippen molar-refractivity contribution >= 4 is 29.4 Å². The molecule has 1 aromatic rings. The number of rotatable bonds is 5. The molecule has 7 nitrogen and oxygen atoms in total. The number of fused-ring (bicyclic) bond motifs is 1. The van der Waals surface area contributed by atoms with Crippen molar-refractivity contribution in [2.24, 2.45) is 0 Å². The van der Waals surface area contributed by atoms with Gasteiger partial charge in [0.1, 0.15) is 11.8 Å².